The first-order valence-electron chi connectivity index (χ1n) is 6.48. The molecule has 1 heterocycles. The summed E-state index contributed by atoms with van der Waals surface area (Å²) in [5.41, 5.74) is 2.62. The summed E-state index contributed by atoms with van der Waals surface area (Å²) in [7, 11) is 0. The molecule has 4 nitrogen and oxygen atoms in total. The van der Waals surface area contributed by atoms with Crippen molar-refractivity contribution in [3.63, 3.8) is 0 Å². The van der Waals surface area contributed by atoms with E-state index < -0.39 is 0 Å². The number of aromatic nitrogens is 3. The lowest BCUT2D eigenvalue weighted by atomic mass is 10.1. The fourth-order valence-corrected chi connectivity index (χ4v) is 1.79. The second kappa shape index (κ2) is 6.31. The summed E-state index contributed by atoms with van der Waals surface area (Å²) < 4.78 is 1.88. The van der Waals surface area contributed by atoms with Crippen LogP contribution in [0.3, 0.4) is 0 Å². The highest BCUT2D eigenvalue weighted by Gasteiger charge is 2.01. The summed E-state index contributed by atoms with van der Waals surface area (Å²) >= 11 is 0. The van der Waals surface area contributed by atoms with Crippen molar-refractivity contribution in [3.8, 4) is 0 Å². The topological polar surface area (TPSA) is 42.7 Å². The molecule has 0 spiro atoms. The van der Waals surface area contributed by atoms with Gasteiger partial charge in [0.1, 0.15) is 6.33 Å². The molecule has 0 amide bonds. The molecule has 0 aliphatic carbocycles. The first kappa shape index (κ1) is 12.8. The zero-order valence-corrected chi connectivity index (χ0v) is 11.1. The van der Waals surface area contributed by atoms with Crippen LogP contribution in [0.2, 0.25) is 0 Å². The molecule has 1 aromatic heterocycles. The molecule has 1 aromatic carbocycles. The van der Waals surface area contributed by atoms with Crippen molar-refractivity contribution >= 4 is 0 Å². The van der Waals surface area contributed by atoms with Crippen molar-refractivity contribution < 1.29 is 0 Å². The second-order valence-electron chi connectivity index (χ2n) is 4.31. The first-order valence-corrected chi connectivity index (χ1v) is 6.48. The smallest absolute Gasteiger partial charge is 0.164 e. The molecule has 0 fully saturated rings. The number of hydrogen-bond donors (Lipinski definition) is 1. The minimum absolute atomic E-state index is 0.734. The van der Waals surface area contributed by atoms with Gasteiger partial charge in [-0.25, -0.2) is 9.67 Å². The Morgan fingerprint density at radius 2 is 1.83 bits per heavy atom. The van der Waals surface area contributed by atoms with Gasteiger partial charge in [0, 0.05) is 0 Å². The highest BCUT2D eigenvalue weighted by Crippen LogP contribution is 2.06. The Morgan fingerprint density at radius 3 is 2.50 bits per heavy atom. The minimum Gasteiger partial charge on any atom is -0.310 e. The van der Waals surface area contributed by atoms with E-state index in [2.05, 4.69) is 53.5 Å². The van der Waals surface area contributed by atoms with Crippen molar-refractivity contribution in [2.75, 3.05) is 6.54 Å². The predicted octanol–water partition coefficient (Wildman–Crippen LogP) is 2.00. The van der Waals surface area contributed by atoms with E-state index in [0.29, 0.717) is 0 Å². The summed E-state index contributed by atoms with van der Waals surface area (Å²) in [5, 5.41) is 7.65. The average molecular weight is 244 g/mol. The monoisotopic (exact) mass is 244 g/mol. The van der Waals surface area contributed by atoms with Crippen LogP contribution in [0.5, 0.6) is 0 Å². The molecule has 0 aliphatic heterocycles. The molecule has 4 heteroatoms. The molecule has 18 heavy (non-hydrogen) atoms. The molecule has 2 aromatic rings. The summed E-state index contributed by atoms with van der Waals surface area (Å²) in [4.78, 5) is 4.27. The lowest BCUT2D eigenvalue weighted by Gasteiger charge is -2.02. The fourth-order valence-electron chi connectivity index (χ4n) is 1.79. The molecular formula is C14H20N4. The normalized spacial score (nSPS) is 10.8. The zero-order valence-electron chi connectivity index (χ0n) is 11.1. The van der Waals surface area contributed by atoms with Gasteiger partial charge in [0.15, 0.2) is 5.82 Å². The van der Waals surface area contributed by atoms with Crippen LogP contribution in [0.15, 0.2) is 30.6 Å². The average Bonchev–Trinajstić information content (AvgIpc) is 2.85. The van der Waals surface area contributed by atoms with Gasteiger partial charge in [-0.3, -0.25) is 0 Å². The third-order valence-electron chi connectivity index (χ3n) is 2.89. The number of rotatable bonds is 6. The van der Waals surface area contributed by atoms with Crippen LogP contribution in [-0.4, -0.2) is 21.3 Å². The standard InChI is InChI=1S/C14H20N4/c1-3-12-5-7-13(8-6-12)10-18-11-16-14(17-18)9-15-4-2/h5-8,11,15H,3-4,9-10H2,1-2H3. The molecule has 2 rings (SSSR count). The van der Waals surface area contributed by atoms with Gasteiger partial charge in [0.05, 0.1) is 13.1 Å². The Bertz CT molecular complexity index is 473. The molecule has 0 saturated heterocycles. The third-order valence-corrected chi connectivity index (χ3v) is 2.89. The van der Waals surface area contributed by atoms with E-state index in [0.717, 1.165) is 31.9 Å². The van der Waals surface area contributed by atoms with Gasteiger partial charge < -0.3 is 5.32 Å². The summed E-state index contributed by atoms with van der Waals surface area (Å²) in [6, 6.07) is 8.66. The number of aryl methyl sites for hydroxylation is 1. The summed E-state index contributed by atoms with van der Waals surface area (Å²) in [6.07, 6.45) is 2.87. The van der Waals surface area contributed by atoms with Crippen LogP contribution < -0.4 is 5.32 Å². The number of benzene rings is 1. The Kier molecular flexibility index (Phi) is 4.47. The predicted molar refractivity (Wildman–Crippen MR) is 72.3 cm³/mol. The van der Waals surface area contributed by atoms with Crippen LogP contribution >= 0.6 is 0 Å². The highest BCUT2D eigenvalue weighted by atomic mass is 15.3. The lowest BCUT2D eigenvalue weighted by molar-refractivity contribution is 0.643. The van der Waals surface area contributed by atoms with Gasteiger partial charge in [-0.2, -0.15) is 5.10 Å². The molecular weight excluding hydrogens is 224 g/mol. The molecule has 1 N–H and O–H groups in total. The van der Waals surface area contributed by atoms with Crippen molar-refractivity contribution in [1.82, 2.24) is 20.1 Å². The van der Waals surface area contributed by atoms with Gasteiger partial charge in [0.25, 0.3) is 0 Å². The van der Waals surface area contributed by atoms with Gasteiger partial charge in [-0.05, 0) is 24.1 Å². The Balaban J connectivity index is 1.97. The van der Waals surface area contributed by atoms with Crippen molar-refractivity contribution in [1.29, 1.82) is 0 Å². The van der Waals surface area contributed by atoms with Crippen molar-refractivity contribution in [2.45, 2.75) is 33.4 Å². The molecule has 96 valence electrons. The lowest BCUT2D eigenvalue weighted by Crippen LogP contribution is -2.13. The molecule has 0 aliphatic rings. The van der Waals surface area contributed by atoms with E-state index in [-0.39, 0.29) is 0 Å². The molecule has 0 radical (unpaired) electrons. The van der Waals surface area contributed by atoms with Crippen molar-refractivity contribution in [2.24, 2.45) is 0 Å². The number of nitrogens with zero attached hydrogens (tertiary/aromatic N) is 3. The largest absolute Gasteiger partial charge is 0.310 e. The Hall–Kier alpha value is -1.68. The van der Waals surface area contributed by atoms with E-state index in [1.807, 2.05) is 4.68 Å². The summed E-state index contributed by atoms with van der Waals surface area (Å²) in [5.74, 6) is 0.849. The molecule has 0 unspecified atom stereocenters. The third kappa shape index (κ3) is 3.40. The maximum absolute atomic E-state index is 4.43. The molecule has 0 bridgehead atoms. The van der Waals surface area contributed by atoms with E-state index in [9.17, 15) is 0 Å². The fraction of sp³-hybridized carbons (Fsp3) is 0.429. The van der Waals surface area contributed by atoms with E-state index >= 15 is 0 Å². The van der Waals surface area contributed by atoms with Crippen molar-refractivity contribution in [3.05, 3.63) is 47.5 Å². The highest BCUT2D eigenvalue weighted by molar-refractivity contribution is 5.22. The Morgan fingerprint density at radius 1 is 1.11 bits per heavy atom. The van der Waals surface area contributed by atoms with Crippen LogP contribution in [0, 0.1) is 0 Å². The van der Waals surface area contributed by atoms with Gasteiger partial charge in [-0.1, -0.05) is 38.1 Å². The van der Waals surface area contributed by atoms with E-state index in [1.165, 1.54) is 11.1 Å². The van der Waals surface area contributed by atoms with E-state index in [4.69, 9.17) is 0 Å². The zero-order chi connectivity index (χ0) is 12.8. The quantitative estimate of drug-likeness (QED) is 0.845. The van der Waals surface area contributed by atoms with Gasteiger partial charge in [0.2, 0.25) is 0 Å². The van der Waals surface area contributed by atoms with E-state index in [1.54, 1.807) is 6.33 Å². The minimum atomic E-state index is 0.734. The SMILES string of the molecule is CCNCc1ncn(Cc2ccc(CC)cc2)n1. The first-order chi connectivity index (χ1) is 8.81. The maximum Gasteiger partial charge on any atom is 0.164 e. The van der Waals surface area contributed by atoms with Gasteiger partial charge in [-0.15, -0.1) is 0 Å². The maximum atomic E-state index is 4.43. The van der Waals surface area contributed by atoms with Crippen LogP contribution in [0.1, 0.15) is 30.8 Å². The number of nitrogens with one attached hydrogen (secondary N) is 1. The molecule has 0 atom stereocenters. The Labute approximate surface area is 108 Å². The molecule has 0 saturated carbocycles. The second-order valence-corrected chi connectivity index (χ2v) is 4.31. The van der Waals surface area contributed by atoms with Crippen LogP contribution in [0.4, 0.5) is 0 Å². The van der Waals surface area contributed by atoms with Crippen LogP contribution in [-0.2, 0) is 19.5 Å². The van der Waals surface area contributed by atoms with Crippen LogP contribution in [0.25, 0.3) is 0 Å². The van der Waals surface area contributed by atoms with Gasteiger partial charge >= 0.3 is 0 Å². The summed E-state index contributed by atoms with van der Waals surface area (Å²) in [6.45, 7) is 6.69. The number of hydrogen-bond acceptors (Lipinski definition) is 3.